The Balaban J connectivity index is 1.33. The number of ether oxygens (including phenoxy) is 3. The monoisotopic (exact) mass is 491 g/mol. The van der Waals surface area contributed by atoms with E-state index in [-0.39, 0.29) is 18.2 Å². The zero-order valence-electron chi connectivity index (χ0n) is 19.1. The average molecular weight is 492 g/mol. The van der Waals surface area contributed by atoms with Crippen molar-refractivity contribution in [3.63, 3.8) is 0 Å². The second-order valence-corrected chi connectivity index (χ2v) is 8.48. The molecule has 178 valence electrons. The van der Waals surface area contributed by atoms with Gasteiger partial charge in [0.1, 0.15) is 34.6 Å². The maximum atomic E-state index is 12.7. The van der Waals surface area contributed by atoms with Crippen molar-refractivity contribution in [3.8, 4) is 28.4 Å². The summed E-state index contributed by atoms with van der Waals surface area (Å²) < 4.78 is 18.2. The van der Waals surface area contributed by atoms with E-state index in [1.54, 1.807) is 38.6 Å². The van der Waals surface area contributed by atoms with Crippen LogP contribution in [0, 0.1) is 0 Å². The van der Waals surface area contributed by atoms with Crippen molar-refractivity contribution in [2.75, 3.05) is 20.8 Å². The molecule has 0 unspecified atom stereocenters. The van der Waals surface area contributed by atoms with Crippen LogP contribution < -0.4 is 25.1 Å². The second-order valence-electron chi connectivity index (χ2n) is 8.07. The zero-order chi connectivity index (χ0) is 24.5. The summed E-state index contributed by atoms with van der Waals surface area (Å²) in [7, 11) is 3.22. The second kappa shape index (κ2) is 9.31. The minimum Gasteiger partial charge on any atom is -0.497 e. The Morgan fingerprint density at radius 1 is 1.20 bits per heavy atom. The van der Waals surface area contributed by atoms with Gasteiger partial charge in [-0.1, -0.05) is 17.7 Å². The molecule has 5 rings (SSSR count). The molecule has 1 atom stereocenters. The number of benzene rings is 2. The predicted molar refractivity (Wildman–Crippen MR) is 132 cm³/mol. The van der Waals surface area contributed by atoms with Crippen LogP contribution in [0.3, 0.4) is 0 Å². The molecule has 0 saturated heterocycles. The standard InChI is InChI=1S/C26H22ClN3O5/c1-33-17-6-7-22(34-2)19(12-17)15-9-16-10-18(35-24(16)21(27)11-15)13-29-25(31)20-14-28-23-5-3-4-8-30(23)26(20)32/h3-9,11-12,14,18H,10,13H2,1-2H3,(H,29,31)/t18-/m1/s1. The van der Waals surface area contributed by atoms with Crippen LogP contribution in [-0.4, -0.2) is 42.2 Å². The molecule has 0 fully saturated rings. The topological polar surface area (TPSA) is 91.2 Å². The van der Waals surface area contributed by atoms with Crippen molar-refractivity contribution in [3.05, 3.63) is 87.4 Å². The molecular formula is C26H22ClN3O5. The highest BCUT2D eigenvalue weighted by molar-refractivity contribution is 6.32. The highest BCUT2D eigenvalue weighted by Crippen LogP contribution is 2.42. The molecule has 1 aliphatic heterocycles. The van der Waals surface area contributed by atoms with Crippen molar-refractivity contribution in [2.45, 2.75) is 12.5 Å². The molecular weight excluding hydrogens is 470 g/mol. The van der Waals surface area contributed by atoms with Crippen molar-refractivity contribution >= 4 is 23.2 Å². The van der Waals surface area contributed by atoms with E-state index in [1.807, 2.05) is 30.3 Å². The first-order chi connectivity index (χ1) is 17.0. The van der Waals surface area contributed by atoms with Crippen LogP contribution in [0.15, 0.2) is 65.7 Å². The smallest absolute Gasteiger partial charge is 0.270 e. The Labute approximate surface area is 206 Å². The molecule has 35 heavy (non-hydrogen) atoms. The van der Waals surface area contributed by atoms with Gasteiger partial charge < -0.3 is 19.5 Å². The lowest BCUT2D eigenvalue weighted by molar-refractivity contribution is 0.0931. The van der Waals surface area contributed by atoms with Crippen LogP contribution >= 0.6 is 11.6 Å². The van der Waals surface area contributed by atoms with Gasteiger partial charge in [0.05, 0.1) is 25.8 Å². The van der Waals surface area contributed by atoms with Crippen molar-refractivity contribution in [2.24, 2.45) is 0 Å². The van der Waals surface area contributed by atoms with Crippen LogP contribution in [0.2, 0.25) is 5.02 Å². The van der Waals surface area contributed by atoms with Gasteiger partial charge in [-0.15, -0.1) is 0 Å². The zero-order valence-corrected chi connectivity index (χ0v) is 19.8. The number of hydrogen-bond acceptors (Lipinski definition) is 6. The summed E-state index contributed by atoms with van der Waals surface area (Å²) in [5.41, 5.74) is 2.65. The van der Waals surface area contributed by atoms with E-state index in [2.05, 4.69) is 10.3 Å². The highest BCUT2D eigenvalue weighted by Gasteiger charge is 2.27. The van der Waals surface area contributed by atoms with E-state index >= 15 is 0 Å². The average Bonchev–Trinajstić information content (AvgIpc) is 3.31. The molecule has 2 aromatic heterocycles. The lowest BCUT2D eigenvalue weighted by Gasteiger charge is -2.13. The summed E-state index contributed by atoms with van der Waals surface area (Å²) in [4.78, 5) is 29.5. The van der Waals surface area contributed by atoms with Gasteiger partial charge >= 0.3 is 0 Å². The molecule has 0 bridgehead atoms. The number of pyridine rings is 1. The van der Waals surface area contributed by atoms with Crippen LogP contribution in [0.5, 0.6) is 17.2 Å². The molecule has 0 aliphatic carbocycles. The molecule has 1 N–H and O–H groups in total. The van der Waals surface area contributed by atoms with E-state index in [9.17, 15) is 9.59 Å². The summed E-state index contributed by atoms with van der Waals surface area (Å²) in [5.74, 6) is 1.48. The van der Waals surface area contributed by atoms with Crippen molar-refractivity contribution in [1.82, 2.24) is 14.7 Å². The van der Waals surface area contributed by atoms with Crippen LogP contribution in [0.25, 0.3) is 16.8 Å². The van der Waals surface area contributed by atoms with Crippen LogP contribution in [-0.2, 0) is 6.42 Å². The molecule has 4 aromatic rings. The summed E-state index contributed by atoms with van der Waals surface area (Å²) in [6, 6.07) is 14.6. The molecule has 0 spiro atoms. The quantitative estimate of drug-likeness (QED) is 0.441. The maximum Gasteiger partial charge on any atom is 0.270 e. The van der Waals surface area contributed by atoms with Crippen molar-refractivity contribution < 1.29 is 19.0 Å². The first kappa shape index (κ1) is 22.7. The number of carbonyl (C=O) groups excluding carboxylic acids is 1. The number of rotatable bonds is 6. The summed E-state index contributed by atoms with van der Waals surface area (Å²) in [6.07, 6.45) is 3.09. The normalized spacial score (nSPS) is 14.3. The minimum absolute atomic E-state index is 0.0327. The van der Waals surface area contributed by atoms with Gasteiger partial charge in [0, 0.05) is 29.9 Å². The Hall–Kier alpha value is -4.04. The molecule has 1 amide bonds. The third-order valence-electron chi connectivity index (χ3n) is 5.92. The Morgan fingerprint density at radius 2 is 2.06 bits per heavy atom. The van der Waals surface area contributed by atoms with Crippen molar-refractivity contribution in [1.29, 1.82) is 0 Å². The molecule has 0 radical (unpaired) electrons. The SMILES string of the molecule is COc1ccc(OC)c(-c2cc(Cl)c3c(c2)C[C@H](CNC(=O)c2cnc4ccccn4c2=O)O3)c1. The lowest BCUT2D eigenvalue weighted by atomic mass is 9.99. The van der Waals surface area contributed by atoms with E-state index in [1.165, 1.54) is 10.6 Å². The maximum absolute atomic E-state index is 12.7. The molecule has 2 aromatic carbocycles. The van der Waals surface area contributed by atoms with Gasteiger partial charge in [-0.25, -0.2) is 4.98 Å². The number of nitrogens with one attached hydrogen (secondary N) is 1. The number of fused-ring (bicyclic) bond motifs is 2. The van der Waals surface area contributed by atoms with Crippen LogP contribution in [0.4, 0.5) is 0 Å². The van der Waals surface area contributed by atoms with Gasteiger partial charge in [-0.2, -0.15) is 0 Å². The van der Waals surface area contributed by atoms with E-state index in [4.69, 9.17) is 25.8 Å². The highest BCUT2D eigenvalue weighted by atomic mass is 35.5. The van der Waals surface area contributed by atoms with E-state index in [0.29, 0.717) is 34.3 Å². The Kier molecular flexibility index (Phi) is 6.05. The number of carbonyl (C=O) groups is 1. The number of aromatic nitrogens is 2. The fourth-order valence-corrected chi connectivity index (χ4v) is 4.46. The van der Waals surface area contributed by atoms with E-state index < -0.39 is 11.5 Å². The van der Waals surface area contributed by atoms with Gasteiger partial charge in [0.2, 0.25) is 0 Å². The number of hydrogen-bond donors (Lipinski definition) is 1. The predicted octanol–water partition coefficient (Wildman–Crippen LogP) is 3.77. The first-order valence-corrected chi connectivity index (χ1v) is 11.3. The van der Waals surface area contributed by atoms with E-state index in [0.717, 1.165) is 16.7 Å². The first-order valence-electron chi connectivity index (χ1n) is 10.9. The molecule has 9 heteroatoms. The minimum atomic E-state index is -0.506. The third-order valence-corrected chi connectivity index (χ3v) is 6.20. The van der Waals surface area contributed by atoms with Gasteiger partial charge in [0.25, 0.3) is 11.5 Å². The largest absolute Gasteiger partial charge is 0.497 e. The lowest BCUT2D eigenvalue weighted by Crippen LogP contribution is -2.37. The summed E-state index contributed by atoms with van der Waals surface area (Å²) in [5, 5.41) is 3.25. The van der Waals surface area contributed by atoms with Gasteiger partial charge in [0.15, 0.2) is 0 Å². The molecule has 3 heterocycles. The third kappa shape index (κ3) is 4.28. The number of methoxy groups -OCH3 is 2. The van der Waals surface area contributed by atoms with Crippen LogP contribution in [0.1, 0.15) is 15.9 Å². The Bertz CT molecular complexity index is 1500. The fraction of sp³-hybridized carbons (Fsp3) is 0.192. The number of halogens is 1. The number of amides is 1. The van der Waals surface area contributed by atoms with Gasteiger partial charge in [-0.05, 0) is 48.0 Å². The Morgan fingerprint density at radius 3 is 2.86 bits per heavy atom. The summed E-state index contributed by atoms with van der Waals surface area (Å²) >= 11 is 6.56. The molecule has 1 aliphatic rings. The fourth-order valence-electron chi connectivity index (χ4n) is 4.18. The molecule has 8 nitrogen and oxygen atoms in total. The summed E-state index contributed by atoms with van der Waals surface area (Å²) in [6.45, 7) is 0.207. The molecule has 0 saturated carbocycles. The number of nitrogens with zero attached hydrogens (tertiary/aromatic N) is 2. The van der Waals surface area contributed by atoms with Gasteiger partial charge in [-0.3, -0.25) is 14.0 Å².